The van der Waals surface area contributed by atoms with Crippen molar-refractivity contribution in [2.24, 2.45) is 0 Å². The molecule has 10 aromatic rings. The summed E-state index contributed by atoms with van der Waals surface area (Å²) in [5.74, 6) is 0.951. The van der Waals surface area contributed by atoms with Crippen LogP contribution in [0.4, 0.5) is 0 Å². The van der Waals surface area contributed by atoms with Crippen LogP contribution < -0.4 is 0 Å². The normalized spacial score (nSPS) is 13.1. The van der Waals surface area contributed by atoms with Crippen LogP contribution in [0.1, 0.15) is 17.8 Å². The summed E-state index contributed by atoms with van der Waals surface area (Å²) in [5, 5.41) is 9.99. The molecule has 1 aromatic heterocycles. The zero-order valence-electron chi connectivity index (χ0n) is 30.7. The van der Waals surface area contributed by atoms with E-state index in [1.165, 1.54) is 76.5 Å². The molecule has 1 aliphatic rings. The maximum absolute atomic E-state index is 5.17. The molecular formula is C54H36N2. The average molecular weight is 713 g/mol. The van der Waals surface area contributed by atoms with Crippen molar-refractivity contribution < 1.29 is 0 Å². The summed E-state index contributed by atoms with van der Waals surface area (Å²) in [7, 11) is 0. The third-order valence-electron chi connectivity index (χ3n) is 11.4. The second-order valence-corrected chi connectivity index (χ2v) is 14.7. The van der Waals surface area contributed by atoms with Gasteiger partial charge in [0.2, 0.25) is 0 Å². The number of hydrogen-bond donors (Lipinski definition) is 0. The Kier molecular flexibility index (Phi) is 7.60. The lowest BCUT2D eigenvalue weighted by Gasteiger charge is -2.19. The Labute approximate surface area is 325 Å². The molecule has 262 valence electrons. The Balaban J connectivity index is 1.10. The SMILES string of the molecule is C1=CC(c2nc3ccccc3n2-c2ccccc2)=CCC=C1c1ccc2c(-c3ccc4ccccc4c3)c3ccccc3c(-c3ccc4ccccc4c3)c2c1. The van der Waals surface area contributed by atoms with Crippen LogP contribution in [0.5, 0.6) is 0 Å². The van der Waals surface area contributed by atoms with Crippen molar-refractivity contribution in [3.63, 3.8) is 0 Å². The lowest BCUT2D eigenvalue weighted by Crippen LogP contribution is -1.99. The molecule has 0 fully saturated rings. The van der Waals surface area contributed by atoms with Crippen LogP contribution in [0.3, 0.4) is 0 Å². The van der Waals surface area contributed by atoms with Gasteiger partial charge in [0.1, 0.15) is 5.82 Å². The molecule has 56 heavy (non-hydrogen) atoms. The van der Waals surface area contributed by atoms with Crippen molar-refractivity contribution in [2.45, 2.75) is 6.42 Å². The van der Waals surface area contributed by atoms with Crippen LogP contribution in [0.15, 0.2) is 206 Å². The average Bonchev–Trinajstić information content (AvgIpc) is 3.47. The van der Waals surface area contributed by atoms with Gasteiger partial charge in [-0.3, -0.25) is 4.57 Å². The number of nitrogens with zero attached hydrogens (tertiary/aromatic N) is 2. The van der Waals surface area contributed by atoms with Gasteiger partial charge in [0, 0.05) is 11.3 Å². The van der Waals surface area contributed by atoms with E-state index in [4.69, 9.17) is 4.98 Å². The van der Waals surface area contributed by atoms with Crippen LogP contribution in [0.2, 0.25) is 0 Å². The number of imidazole rings is 1. The molecule has 0 N–H and O–H groups in total. The molecule has 0 saturated carbocycles. The minimum Gasteiger partial charge on any atom is -0.292 e. The molecule has 11 rings (SSSR count). The highest BCUT2D eigenvalue weighted by Gasteiger charge is 2.20. The fraction of sp³-hybridized carbons (Fsp3) is 0.0185. The number of rotatable bonds is 5. The Hall–Kier alpha value is -7.29. The minimum absolute atomic E-state index is 0.797. The van der Waals surface area contributed by atoms with E-state index >= 15 is 0 Å². The standard InChI is InChI=1S/C54H36N2/c1-2-19-45(20-3-1)56-51-24-11-10-23-50(51)55-54(56)39-18-12-17-38(25-28-39)42-31-32-48-49(35-42)53(44-30-27-37-14-5-7-16-41(37)34-44)47-22-9-8-21-46(47)52(48)43-29-26-36-13-4-6-15-40(36)33-43/h1-11,13-35H,12H2. The first-order chi connectivity index (χ1) is 27.8. The number of benzene rings is 9. The van der Waals surface area contributed by atoms with E-state index in [0.29, 0.717) is 0 Å². The van der Waals surface area contributed by atoms with Gasteiger partial charge in [0.05, 0.1) is 11.0 Å². The van der Waals surface area contributed by atoms with Gasteiger partial charge in [-0.05, 0) is 125 Å². The maximum atomic E-state index is 5.17. The smallest absolute Gasteiger partial charge is 0.145 e. The van der Waals surface area contributed by atoms with Gasteiger partial charge in [-0.15, -0.1) is 0 Å². The molecule has 0 aliphatic heterocycles. The summed E-state index contributed by atoms with van der Waals surface area (Å²) in [6.45, 7) is 0. The first-order valence-corrected chi connectivity index (χ1v) is 19.4. The first kappa shape index (κ1) is 32.2. The van der Waals surface area contributed by atoms with E-state index in [1.807, 2.05) is 0 Å². The Morgan fingerprint density at radius 2 is 0.929 bits per heavy atom. The van der Waals surface area contributed by atoms with Crippen molar-refractivity contribution in [3.05, 3.63) is 218 Å². The summed E-state index contributed by atoms with van der Waals surface area (Å²) in [6, 6.07) is 66.1. The molecular weight excluding hydrogens is 677 g/mol. The molecule has 0 atom stereocenters. The lowest BCUT2D eigenvalue weighted by molar-refractivity contribution is 1.05. The lowest BCUT2D eigenvalue weighted by atomic mass is 9.84. The summed E-state index contributed by atoms with van der Waals surface area (Å²) >= 11 is 0. The Morgan fingerprint density at radius 1 is 0.393 bits per heavy atom. The van der Waals surface area contributed by atoms with Crippen LogP contribution in [0.25, 0.3) is 93.2 Å². The number of aromatic nitrogens is 2. The first-order valence-electron chi connectivity index (χ1n) is 19.4. The van der Waals surface area contributed by atoms with Crippen molar-refractivity contribution >= 4 is 65.3 Å². The number of fused-ring (bicyclic) bond motifs is 5. The fourth-order valence-electron chi connectivity index (χ4n) is 8.74. The largest absolute Gasteiger partial charge is 0.292 e. The third-order valence-corrected chi connectivity index (χ3v) is 11.4. The fourth-order valence-corrected chi connectivity index (χ4v) is 8.74. The third kappa shape index (κ3) is 5.38. The van der Waals surface area contributed by atoms with Gasteiger partial charge < -0.3 is 0 Å². The van der Waals surface area contributed by atoms with E-state index in [2.05, 4.69) is 211 Å². The van der Waals surface area contributed by atoms with Crippen molar-refractivity contribution in [1.29, 1.82) is 0 Å². The zero-order chi connectivity index (χ0) is 37.0. The zero-order valence-corrected chi connectivity index (χ0v) is 30.7. The molecule has 0 saturated heterocycles. The maximum Gasteiger partial charge on any atom is 0.145 e. The second-order valence-electron chi connectivity index (χ2n) is 14.7. The topological polar surface area (TPSA) is 17.8 Å². The molecule has 0 amide bonds. The number of para-hydroxylation sites is 3. The highest BCUT2D eigenvalue weighted by atomic mass is 15.1. The molecule has 0 unspecified atom stereocenters. The predicted octanol–water partition coefficient (Wildman–Crippen LogP) is 14.4. The molecule has 0 spiro atoms. The summed E-state index contributed by atoms with van der Waals surface area (Å²) in [5.41, 5.74) is 11.7. The minimum atomic E-state index is 0.797. The molecule has 9 aromatic carbocycles. The van der Waals surface area contributed by atoms with E-state index in [1.54, 1.807) is 0 Å². The molecule has 1 aliphatic carbocycles. The second kappa shape index (κ2) is 13.2. The van der Waals surface area contributed by atoms with Gasteiger partial charge in [-0.25, -0.2) is 4.98 Å². The molecule has 1 heterocycles. The number of hydrogen-bond acceptors (Lipinski definition) is 1. The summed E-state index contributed by atoms with van der Waals surface area (Å²) < 4.78 is 2.28. The van der Waals surface area contributed by atoms with Crippen molar-refractivity contribution in [2.75, 3.05) is 0 Å². The van der Waals surface area contributed by atoms with Gasteiger partial charge in [-0.2, -0.15) is 0 Å². The quantitative estimate of drug-likeness (QED) is 0.162. The highest BCUT2D eigenvalue weighted by Crippen LogP contribution is 2.45. The molecule has 0 bridgehead atoms. The Morgan fingerprint density at radius 3 is 1.64 bits per heavy atom. The van der Waals surface area contributed by atoms with Crippen LogP contribution >= 0.6 is 0 Å². The summed E-state index contributed by atoms with van der Waals surface area (Å²) in [6.07, 6.45) is 9.97. The van der Waals surface area contributed by atoms with Crippen molar-refractivity contribution in [3.8, 4) is 27.9 Å². The van der Waals surface area contributed by atoms with E-state index in [9.17, 15) is 0 Å². The van der Waals surface area contributed by atoms with Gasteiger partial charge in [-0.1, -0.05) is 164 Å². The predicted molar refractivity (Wildman–Crippen MR) is 238 cm³/mol. The summed E-state index contributed by atoms with van der Waals surface area (Å²) in [4.78, 5) is 5.17. The number of allylic oxidation sites excluding steroid dienone is 6. The van der Waals surface area contributed by atoms with E-state index in [0.717, 1.165) is 34.5 Å². The molecule has 2 heteroatoms. The van der Waals surface area contributed by atoms with Crippen LogP contribution in [-0.4, -0.2) is 9.55 Å². The molecule has 0 radical (unpaired) electrons. The van der Waals surface area contributed by atoms with Crippen LogP contribution in [0, 0.1) is 0 Å². The van der Waals surface area contributed by atoms with Gasteiger partial charge >= 0.3 is 0 Å². The van der Waals surface area contributed by atoms with E-state index < -0.39 is 0 Å². The van der Waals surface area contributed by atoms with Crippen LogP contribution in [-0.2, 0) is 0 Å². The van der Waals surface area contributed by atoms with Gasteiger partial charge in [0.25, 0.3) is 0 Å². The van der Waals surface area contributed by atoms with Gasteiger partial charge in [0.15, 0.2) is 0 Å². The molecule has 2 nitrogen and oxygen atoms in total. The monoisotopic (exact) mass is 712 g/mol. The highest BCUT2D eigenvalue weighted by molar-refractivity contribution is 6.22. The van der Waals surface area contributed by atoms with Crippen molar-refractivity contribution in [1.82, 2.24) is 9.55 Å². The Bertz CT molecular complexity index is 3270. The van der Waals surface area contributed by atoms with E-state index in [-0.39, 0.29) is 0 Å².